The summed E-state index contributed by atoms with van der Waals surface area (Å²) in [5.74, 6) is -1.93. The normalized spacial score (nSPS) is 12.5. The number of nitrogens with zero attached hydrogens (tertiary/aromatic N) is 1. The summed E-state index contributed by atoms with van der Waals surface area (Å²) < 4.78 is 27.2. The monoisotopic (exact) mass is 249 g/mol. The Labute approximate surface area is 104 Å². The van der Waals surface area contributed by atoms with Crippen molar-refractivity contribution in [2.24, 2.45) is 0 Å². The maximum absolute atomic E-state index is 13.8. The van der Waals surface area contributed by atoms with Crippen molar-refractivity contribution in [3.05, 3.63) is 64.5 Å². The second-order valence-electron chi connectivity index (χ2n) is 4.23. The highest BCUT2D eigenvalue weighted by atomic mass is 19.2. The van der Waals surface area contributed by atoms with E-state index in [1.807, 2.05) is 0 Å². The average Bonchev–Trinajstić information content (AvgIpc) is 2.36. The predicted molar refractivity (Wildman–Crippen MR) is 64.1 cm³/mol. The van der Waals surface area contributed by atoms with Crippen LogP contribution in [0.3, 0.4) is 0 Å². The van der Waals surface area contributed by atoms with Crippen LogP contribution in [0, 0.1) is 25.5 Å². The van der Waals surface area contributed by atoms with Gasteiger partial charge in [0.25, 0.3) is 0 Å². The van der Waals surface area contributed by atoms with Crippen LogP contribution in [0.2, 0.25) is 0 Å². The Balaban J connectivity index is 2.50. The first-order chi connectivity index (χ1) is 8.52. The highest BCUT2D eigenvalue weighted by Crippen LogP contribution is 2.28. The first-order valence-electron chi connectivity index (χ1n) is 5.55. The Hall–Kier alpha value is -1.81. The molecular formula is C14H13F2NO. The van der Waals surface area contributed by atoms with Gasteiger partial charge in [0.2, 0.25) is 0 Å². The molecule has 2 nitrogen and oxygen atoms in total. The van der Waals surface area contributed by atoms with Gasteiger partial charge in [0.1, 0.15) is 6.10 Å². The summed E-state index contributed by atoms with van der Waals surface area (Å²) in [6, 6.07) is 4.55. The second-order valence-corrected chi connectivity index (χ2v) is 4.23. The molecule has 0 saturated heterocycles. The van der Waals surface area contributed by atoms with Crippen molar-refractivity contribution in [2.75, 3.05) is 0 Å². The van der Waals surface area contributed by atoms with E-state index in [0.29, 0.717) is 5.56 Å². The summed E-state index contributed by atoms with van der Waals surface area (Å²) in [6.07, 6.45) is 1.82. The number of aliphatic hydroxyl groups is 1. The molecule has 0 saturated carbocycles. The van der Waals surface area contributed by atoms with Crippen LogP contribution < -0.4 is 0 Å². The van der Waals surface area contributed by atoms with Crippen molar-refractivity contribution in [1.82, 2.24) is 4.98 Å². The van der Waals surface area contributed by atoms with Crippen molar-refractivity contribution >= 4 is 0 Å². The Bertz CT molecular complexity index is 584. The van der Waals surface area contributed by atoms with Crippen LogP contribution in [0.4, 0.5) is 8.78 Å². The molecule has 0 amide bonds. The molecular weight excluding hydrogens is 236 g/mol. The largest absolute Gasteiger partial charge is 0.383 e. The molecule has 0 aliphatic rings. The zero-order chi connectivity index (χ0) is 13.3. The molecule has 1 aromatic carbocycles. The predicted octanol–water partition coefficient (Wildman–Crippen LogP) is 3.06. The molecule has 0 fully saturated rings. The van der Waals surface area contributed by atoms with E-state index in [-0.39, 0.29) is 11.1 Å². The first-order valence-corrected chi connectivity index (χ1v) is 5.55. The lowest BCUT2D eigenvalue weighted by atomic mass is 9.98. The third-order valence-corrected chi connectivity index (χ3v) is 2.97. The lowest BCUT2D eigenvalue weighted by Crippen LogP contribution is -2.07. The zero-order valence-electron chi connectivity index (χ0n) is 10.1. The topological polar surface area (TPSA) is 33.1 Å². The van der Waals surface area contributed by atoms with Gasteiger partial charge in [-0.2, -0.15) is 0 Å². The highest BCUT2D eigenvalue weighted by molar-refractivity contribution is 5.35. The molecule has 0 spiro atoms. The van der Waals surface area contributed by atoms with Gasteiger partial charge in [-0.25, -0.2) is 8.78 Å². The minimum Gasteiger partial charge on any atom is -0.383 e. The number of rotatable bonds is 2. The van der Waals surface area contributed by atoms with Crippen LogP contribution >= 0.6 is 0 Å². The van der Waals surface area contributed by atoms with Crippen molar-refractivity contribution in [1.29, 1.82) is 0 Å². The summed E-state index contributed by atoms with van der Waals surface area (Å²) in [4.78, 5) is 3.89. The molecule has 1 N–H and O–H groups in total. The molecule has 1 heterocycles. The van der Waals surface area contributed by atoms with E-state index in [4.69, 9.17) is 0 Å². The summed E-state index contributed by atoms with van der Waals surface area (Å²) >= 11 is 0. The quantitative estimate of drug-likeness (QED) is 0.887. The zero-order valence-corrected chi connectivity index (χ0v) is 10.1. The molecule has 2 rings (SSSR count). The Morgan fingerprint density at radius 1 is 1.00 bits per heavy atom. The third kappa shape index (κ3) is 2.11. The van der Waals surface area contributed by atoms with E-state index in [9.17, 15) is 13.9 Å². The lowest BCUT2D eigenvalue weighted by Gasteiger charge is -2.15. The van der Waals surface area contributed by atoms with Crippen LogP contribution in [-0.2, 0) is 0 Å². The van der Waals surface area contributed by atoms with Gasteiger partial charge in [-0.1, -0.05) is 12.1 Å². The number of benzene rings is 1. The van der Waals surface area contributed by atoms with Gasteiger partial charge in [-0.05, 0) is 31.0 Å². The molecule has 2 aromatic rings. The molecule has 1 unspecified atom stereocenters. The maximum atomic E-state index is 13.8. The first kappa shape index (κ1) is 12.6. The maximum Gasteiger partial charge on any atom is 0.165 e. The number of halogens is 2. The van der Waals surface area contributed by atoms with Crippen molar-refractivity contribution in [3.8, 4) is 0 Å². The fourth-order valence-corrected chi connectivity index (χ4v) is 1.80. The Morgan fingerprint density at radius 2 is 1.72 bits per heavy atom. The van der Waals surface area contributed by atoms with Crippen molar-refractivity contribution < 1.29 is 13.9 Å². The molecule has 0 bridgehead atoms. The third-order valence-electron chi connectivity index (χ3n) is 2.97. The number of pyridine rings is 1. The van der Waals surface area contributed by atoms with Crippen LogP contribution in [0.25, 0.3) is 0 Å². The van der Waals surface area contributed by atoms with E-state index in [2.05, 4.69) is 4.98 Å². The van der Waals surface area contributed by atoms with Gasteiger partial charge in [0.05, 0.1) is 0 Å². The number of hydrogen-bond donors (Lipinski definition) is 1. The number of hydrogen-bond acceptors (Lipinski definition) is 2. The van der Waals surface area contributed by atoms with Crippen molar-refractivity contribution in [2.45, 2.75) is 20.0 Å². The van der Waals surface area contributed by atoms with Gasteiger partial charge < -0.3 is 5.11 Å². The van der Waals surface area contributed by atoms with Gasteiger partial charge in [0, 0.05) is 23.5 Å². The van der Waals surface area contributed by atoms with Gasteiger partial charge in [-0.3, -0.25) is 4.98 Å². The standard InChI is InChI=1S/C14H13F2NO/c1-8-5-6-17-7-11(8)14(18)10-4-3-9(2)12(15)13(10)16/h3-7,14,18H,1-2H3. The SMILES string of the molecule is Cc1ccncc1C(O)c1ccc(C)c(F)c1F. The van der Waals surface area contributed by atoms with Gasteiger partial charge in [-0.15, -0.1) is 0 Å². The molecule has 18 heavy (non-hydrogen) atoms. The summed E-state index contributed by atoms with van der Waals surface area (Å²) in [5.41, 5.74) is 1.39. The average molecular weight is 249 g/mol. The lowest BCUT2D eigenvalue weighted by molar-refractivity contribution is 0.212. The molecule has 94 valence electrons. The molecule has 4 heteroatoms. The Kier molecular flexibility index (Phi) is 3.39. The molecule has 1 aromatic heterocycles. The van der Waals surface area contributed by atoms with Gasteiger partial charge in [0.15, 0.2) is 11.6 Å². The van der Waals surface area contributed by atoms with Crippen LogP contribution in [0.15, 0.2) is 30.6 Å². The molecule has 0 aliphatic heterocycles. The second kappa shape index (κ2) is 4.82. The summed E-state index contributed by atoms with van der Waals surface area (Å²) in [5, 5.41) is 10.1. The number of aryl methyl sites for hydroxylation is 2. The summed E-state index contributed by atoms with van der Waals surface area (Å²) in [7, 11) is 0. The summed E-state index contributed by atoms with van der Waals surface area (Å²) in [6.45, 7) is 3.26. The highest BCUT2D eigenvalue weighted by Gasteiger charge is 2.20. The fourth-order valence-electron chi connectivity index (χ4n) is 1.80. The van der Waals surface area contributed by atoms with Crippen molar-refractivity contribution in [3.63, 3.8) is 0 Å². The van der Waals surface area contributed by atoms with Crippen LogP contribution in [0.5, 0.6) is 0 Å². The minimum atomic E-state index is -1.21. The van der Waals surface area contributed by atoms with Crippen LogP contribution in [0.1, 0.15) is 28.4 Å². The number of aromatic nitrogens is 1. The minimum absolute atomic E-state index is 0.0748. The molecule has 0 aliphatic carbocycles. The van der Waals surface area contributed by atoms with E-state index >= 15 is 0 Å². The smallest absolute Gasteiger partial charge is 0.165 e. The molecule has 0 radical (unpaired) electrons. The van der Waals surface area contributed by atoms with E-state index < -0.39 is 17.7 Å². The van der Waals surface area contributed by atoms with Crippen LogP contribution in [-0.4, -0.2) is 10.1 Å². The Morgan fingerprint density at radius 3 is 2.39 bits per heavy atom. The molecule has 1 atom stereocenters. The fraction of sp³-hybridized carbons (Fsp3) is 0.214. The van der Waals surface area contributed by atoms with E-state index in [1.165, 1.54) is 25.3 Å². The van der Waals surface area contributed by atoms with E-state index in [1.54, 1.807) is 19.2 Å². The number of aliphatic hydroxyl groups excluding tert-OH is 1. The van der Waals surface area contributed by atoms with E-state index in [0.717, 1.165) is 5.56 Å². The van der Waals surface area contributed by atoms with Gasteiger partial charge >= 0.3 is 0 Å².